The Morgan fingerprint density at radius 2 is 0.898 bits per heavy atom. The minimum Gasteiger partial charge on any atom is -0.296 e. The lowest BCUT2D eigenvalue weighted by molar-refractivity contribution is 0.908. The summed E-state index contributed by atoms with van der Waals surface area (Å²) in [5.41, 5.74) is 10.6. The molecule has 2 heteroatoms. The summed E-state index contributed by atoms with van der Waals surface area (Å²) in [6.07, 6.45) is 0.852. The molecular formula is C57H38N2. The molecule has 0 bridgehead atoms. The molecule has 1 heterocycles. The van der Waals surface area contributed by atoms with Gasteiger partial charge in [-0.25, -0.2) is 4.98 Å². The third-order valence-electron chi connectivity index (χ3n) is 12.5. The van der Waals surface area contributed by atoms with Crippen LogP contribution in [0.4, 0.5) is 0 Å². The van der Waals surface area contributed by atoms with Crippen molar-refractivity contribution >= 4 is 75.7 Å². The Morgan fingerprint density at radius 1 is 0.373 bits per heavy atom. The van der Waals surface area contributed by atoms with Gasteiger partial charge >= 0.3 is 0 Å². The molecule has 0 unspecified atom stereocenters. The highest BCUT2D eigenvalue weighted by molar-refractivity contribution is 6.34. The second kappa shape index (κ2) is 13.3. The molecule has 0 fully saturated rings. The van der Waals surface area contributed by atoms with E-state index in [0.29, 0.717) is 0 Å². The number of hydrogen-bond donors (Lipinski definition) is 0. The van der Waals surface area contributed by atoms with Crippen LogP contribution in [-0.2, 0) is 6.42 Å². The Labute approximate surface area is 342 Å². The summed E-state index contributed by atoms with van der Waals surface area (Å²) in [6, 6.07) is 73.9. The van der Waals surface area contributed by atoms with E-state index in [4.69, 9.17) is 4.98 Å². The number of imidazole rings is 1. The van der Waals surface area contributed by atoms with E-state index in [0.717, 1.165) is 29.0 Å². The number of benzene rings is 11. The zero-order valence-corrected chi connectivity index (χ0v) is 32.7. The highest BCUT2D eigenvalue weighted by Crippen LogP contribution is 2.49. The van der Waals surface area contributed by atoms with Crippen molar-refractivity contribution in [2.75, 3.05) is 0 Å². The van der Waals surface area contributed by atoms with Crippen LogP contribution in [0.3, 0.4) is 0 Å². The molecule has 0 atom stereocenters. The lowest BCUT2D eigenvalue weighted by Crippen LogP contribution is -2.00. The van der Waals surface area contributed by atoms with Gasteiger partial charge in [-0.1, -0.05) is 171 Å². The quantitative estimate of drug-likeness (QED) is 0.127. The minimum atomic E-state index is 0.852. The molecule has 0 aliphatic rings. The largest absolute Gasteiger partial charge is 0.296 e. The van der Waals surface area contributed by atoms with Gasteiger partial charge in [0.05, 0.1) is 11.0 Å². The Bertz CT molecular complexity index is 3630. The van der Waals surface area contributed by atoms with E-state index in [1.165, 1.54) is 98.0 Å². The van der Waals surface area contributed by atoms with Crippen LogP contribution in [0.1, 0.15) is 12.7 Å². The van der Waals surface area contributed by atoms with E-state index in [-0.39, 0.29) is 0 Å². The van der Waals surface area contributed by atoms with Gasteiger partial charge < -0.3 is 0 Å². The van der Waals surface area contributed by atoms with E-state index in [1.807, 2.05) is 0 Å². The fourth-order valence-corrected chi connectivity index (χ4v) is 9.94. The molecule has 0 saturated carbocycles. The summed E-state index contributed by atoms with van der Waals surface area (Å²) in [6.45, 7) is 2.18. The molecule has 0 amide bonds. The van der Waals surface area contributed by atoms with Gasteiger partial charge in [-0.15, -0.1) is 0 Å². The molecule has 12 rings (SSSR count). The molecule has 1 aromatic heterocycles. The molecule has 11 aromatic carbocycles. The van der Waals surface area contributed by atoms with Gasteiger partial charge in [0.15, 0.2) is 0 Å². The molecule has 2 nitrogen and oxygen atoms in total. The number of hydrogen-bond acceptors (Lipinski definition) is 1. The van der Waals surface area contributed by atoms with Crippen molar-refractivity contribution in [3.63, 3.8) is 0 Å². The van der Waals surface area contributed by atoms with Gasteiger partial charge in [-0.2, -0.15) is 0 Å². The summed E-state index contributed by atoms with van der Waals surface area (Å²) < 4.78 is 2.31. The first kappa shape index (κ1) is 33.6. The lowest BCUT2D eigenvalue weighted by atomic mass is 9.82. The summed E-state index contributed by atoms with van der Waals surface area (Å²) in [4.78, 5) is 4.98. The Morgan fingerprint density at radius 3 is 1.61 bits per heavy atom. The van der Waals surface area contributed by atoms with E-state index in [2.05, 4.69) is 212 Å². The molecule has 0 aliphatic carbocycles. The van der Waals surface area contributed by atoms with Crippen LogP contribution in [0.5, 0.6) is 0 Å². The SMILES string of the molecule is CCc1nc2ccccc2n1-c1ccc(-c2c3ccccc3c(-c3cc4c5ccccc5c5ccccc5c4c4ccccc34)c3ccc(-c4ccccc4)cc23)cc1. The fourth-order valence-electron chi connectivity index (χ4n) is 9.94. The normalized spacial score (nSPS) is 11.9. The smallest absolute Gasteiger partial charge is 0.114 e. The van der Waals surface area contributed by atoms with Crippen molar-refractivity contribution in [1.82, 2.24) is 9.55 Å². The first-order chi connectivity index (χ1) is 29.2. The second-order valence-electron chi connectivity index (χ2n) is 15.7. The van der Waals surface area contributed by atoms with Crippen molar-refractivity contribution in [1.29, 1.82) is 0 Å². The molecule has 276 valence electrons. The first-order valence-electron chi connectivity index (χ1n) is 20.6. The van der Waals surface area contributed by atoms with Crippen molar-refractivity contribution in [3.05, 3.63) is 206 Å². The highest BCUT2D eigenvalue weighted by Gasteiger charge is 2.22. The van der Waals surface area contributed by atoms with E-state index >= 15 is 0 Å². The van der Waals surface area contributed by atoms with Gasteiger partial charge in [-0.3, -0.25) is 4.57 Å². The van der Waals surface area contributed by atoms with Gasteiger partial charge in [-0.05, 0) is 134 Å². The molecule has 0 N–H and O–H groups in total. The predicted octanol–water partition coefficient (Wildman–Crippen LogP) is 15.5. The highest BCUT2D eigenvalue weighted by atomic mass is 15.1. The minimum absolute atomic E-state index is 0.852. The lowest BCUT2D eigenvalue weighted by Gasteiger charge is -2.21. The van der Waals surface area contributed by atoms with Crippen LogP contribution in [0.25, 0.3) is 115 Å². The number of rotatable bonds is 5. The topological polar surface area (TPSA) is 17.8 Å². The van der Waals surface area contributed by atoms with Gasteiger partial charge in [0, 0.05) is 12.1 Å². The van der Waals surface area contributed by atoms with Crippen LogP contribution in [0.2, 0.25) is 0 Å². The monoisotopic (exact) mass is 750 g/mol. The molecule has 59 heavy (non-hydrogen) atoms. The number of nitrogens with zero attached hydrogens (tertiary/aromatic N) is 2. The molecule has 0 spiro atoms. The maximum absolute atomic E-state index is 4.98. The zero-order chi connectivity index (χ0) is 39.0. The van der Waals surface area contributed by atoms with Crippen LogP contribution in [0, 0.1) is 0 Å². The van der Waals surface area contributed by atoms with Crippen molar-refractivity contribution < 1.29 is 0 Å². The molecule has 0 radical (unpaired) electrons. The number of aryl methyl sites for hydroxylation is 1. The Hall–Kier alpha value is -7.55. The molecule has 0 aliphatic heterocycles. The summed E-state index contributed by atoms with van der Waals surface area (Å²) in [5, 5.41) is 15.2. The maximum Gasteiger partial charge on any atom is 0.114 e. The molecule has 0 saturated heterocycles. The first-order valence-corrected chi connectivity index (χ1v) is 20.6. The van der Waals surface area contributed by atoms with E-state index < -0.39 is 0 Å². The molecule has 12 aromatic rings. The van der Waals surface area contributed by atoms with Crippen molar-refractivity contribution in [3.8, 4) is 39.1 Å². The number of para-hydroxylation sites is 2. The fraction of sp³-hybridized carbons (Fsp3) is 0.0351. The van der Waals surface area contributed by atoms with Gasteiger partial charge in [0.1, 0.15) is 5.82 Å². The summed E-state index contributed by atoms with van der Waals surface area (Å²) in [5.74, 6) is 1.06. The maximum atomic E-state index is 4.98. The van der Waals surface area contributed by atoms with E-state index in [9.17, 15) is 0 Å². The van der Waals surface area contributed by atoms with Gasteiger partial charge in [0.2, 0.25) is 0 Å². The molecular weight excluding hydrogens is 713 g/mol. The predicted molar refractivity (Wildman–Crippen MR) is 252 cm³/mol. The van der Waals surface area contributed by atoms with Crippen LogP contribution < -0.4 is 0 Å². The van der Waals surface area contributed by atoms with Crippen molar-refractivity contribution in [2.45, 2.75) is 13.3 Å². The van der Waals surface area contributed by atoms with Crippen LogP contribution >= 0.6 is 0 Å². The standard InChI is InChI=1S/C57H38N2/c1-2-54-58-52-26-14-15-27-53(52)59(54)39-31-28-37(29-32-39)55-46-24-12-13-25-47(46)57(48-33-30-38(34-49(48)55)36-16-4-3-5-17-36)51-35-50-42-20-7-6-18-40(42)41-19-8-10-22-44(41)56(50)45-23-11-9-21-43(45)51/h3-35H,2H2,1H3. The van der Waals surface area contributed by atoms with Crippen molar-refractivity contribution in [2.24, 2.45) is 0 Å². The Kier molecular flexibility index (Phi) is 7.55. The van der Waals surface area contributed by atoms with Crippen LogP contribution in [-0.4, -0.2) is 9.55 Å². The number of fused-ring (bicyclic) bond motifs is 11. The number of aromatic nitrogens is 2. The zero-order valence-electron chi connectivity index (χ0n) is 32.7. The van der Waals surface area contributed by atoms with Crippen LogP contribution in [0.15, 0.2) is 200 Å². The average molecular weight is 751 g/mol. The summed E-state index contributed by atoms with van der Waals surface area (Å²) in [7, 11) is 0. The third-order valence-corrected chi connectivity index (χ3v) is 12.5. The second-order valence-corrected chi connectivity index (χ2v) is 15.7. The average Bonchev–Trinajstić information content (AvgIpc) is 3.69. The van der Waals surface area contributed by atoms with Gasteiger partial charge in [0.25, 0.3) is 0 Å². The third kappa shape index (κ3) is 5.10. The van der Waals surface area contributed by atoms with E-state index in [1.54, 1.807) is 0 Å². The Balaban J connectivity index is 1.19. The summed E-state index contributed by atoms with van der Waals surface area (Å²) >= 11 is 0.